The zero-order valence-electron chi connectivity index (χ0n) is 15.6. The van der Waals surface area contributed by atoms with E-state index in [0.717, 1.165) is 24.1 Å². The maximum atomic E-state index is 12.7. The molecule has 6 heteroatoms. The van der Waals surface area contributed by atoms with E-state index >= 15 is 0 Å². The minimum Gasteiger partial charge on any atom is -0.385 e. The molecular formula is C21H25N4O2+. The van der Waals surface area contributed by atoms with E-state index in [1.165, 1.54) is 30.2 Å². The number of quaternary nitrogens is 1. The van der Waals surface area contributed by atoms with Gasteiger partial charge in [-0.2, -0.15) is 5.26 Å². The highest BCUT2D eigenvalue weighted by Crippen LogP contribution is 2.23. The van der Waals surface area contributed by atoms with Gasteiger partial charge in [-0.25, -0.2) is 0 Å². The van der Waals surface area contributed by atoms with Crippen LogP contribution in [-0.2, 0) is 6.54 Å². The van der Waals surface area contributed by atoms with Crippen molar-refractivity contribution in [2.24, 2.45) is 0 Å². The number of piperidine rings is 1. The van der Waals surface area contributed by atoms with Gasteiger partial charge < -0.3 is 14.6 Å². The van der Waals surface area contributed by atoms with Crippen LogP contribution in [0.1, 0.15) is 30.4 Å². The van der Waals surface area contributed by atoms with Crippen LogP contribution in [-0.4, -0.2) is 39.8 Å². The zero-order chi connectivity index (χ0) is 19.0. The largest absolute Gasteiger partial charge is 0.385 e. The molecule has 1 atom stereocenters. The maximum Gasteiger partial charge on any atom is 0.257 e. The van der Waals surface area contributed by atoms with Gasteiger partial charge in [0.25, 0.3) is 5.56 Å². The minimum atomic E-state index is -0.528. The van der Waals surface area contributed by atoms with Crippen molar-refractivity contribution in [2.45, 2.75) is 38.8 Å². The number of nitriles is 1. The molecule has 2 aromatic heterocycles. The number of aromatic nitrogens is 2. The van der Waals surface area contributed by atoms with Crippen LogP contribution in [0.25, 0.3) is 16.7 Å². The number of aliphatic hydroxyl groups is 1. The summed E-state index contributed by atoms with van der Waals surface area (Å²) >= 11 is 0. The molecule has 0 radical (unpaired) electrons. The van der Waals surface area contributed by atoms with E-state index < -0.39 is 6.10 Å². The molecule has 0 saturated carbocycles. The van der Waals surface area contributed by atoms with Crippen LogP contribution in [0.3, 0.4) is 0 Å². The van der Waals surface area contributed by atoms with Crippen molar-refractivity contribution >= 4 is 16.7 Å². The van der Waals surface area contributed by atoms with Crippen LogP contribution in [0.4, 0.5) is 0 Å². The normalized spacial score (nSPS) is 16.6. The smallest absolute Gasteiger partial charge is 0.257 e. The highest BCUT2D eigenvalue weighted by Gasteiger charge is 2.22. The van der Waals surface area contributed by atoms with Gasteiger partial charge in [-0.1, -0.05) is 12.1 Å². The van der Waals surface area contributed by atoms with E-state index in [9.17, 15) is 15.2 Å². The lowest BCUT2D eigenvalue weighted by molar-refractivity contribution is -0.908. The number of hydrogen-bond acceptors (Lipinski definition) is 3. The van der Waals surface area contributed by atoms with Gasteiger partial charge in [-0.15, -0.1) is 0 Å². The quantitative estimate of drug-likeness (QED) is 0.720. The average Bonchev–Trinajstić information content (AvgIpc) is 2.98. The van der Waals surface area contributed by atoms with Gasteiger partial charge in [0.1, 0.15) is 24.4 Å². The third kappa shape index (κ3) is 3.14. The molecule has 2 N–H and O–H groups in total. The number of pyridine rings is 1. The zero-order valence-corrected chi connectivity index (χ0v) is 15.6. The third-order valence-corrected chi connectivity index (χ3v) is 5.65. The second kappa shape index (κ2) is 7.18. The van der Waals surface area contributed by atoms with Gasteiger partial charge in [-0.05, 0) is 43.9 Å². The number of hydrogen-bond donors (Lipinski definition) is 2. The van der Waals surface area contributed by atoms with Crippen LogP contribution in [0.15, 0.2) is 35.1 Å². The van der Waals surface area contributed by atoms with Crippen molar-refractivity contribution < 1.29 is 10.0 Å². The highest BCUT2D eigenvalue weighted by molar-refractivity contribution is 5.84. The second-order valence-electron chi connectivity index (χ2n) is 7.58. The third-order valence-electron chi connectivity index (χ3n) is 5.65. The summed E-state index contributed by atoms with van der Waals surface area (Å²) in [6.45, 7) is 5.06. The number of aryl methyl sites for hydroxylation is 1. The Morgan fingerprint density at radius 3 is 2.63 bits per heavy atom. The van der Waals surface area contributed by atoms with Crippen molar-refractivity contribution in [3.8, 4) is 6.07 Å². The van der Waals surface area contributed by atoms with Crippen molar-refractivity contribution in [3.63, 3.8) is 0 Å². The highest BCUT2D eigenvalue weighted by atomic mass is 16.3. The number of rotatable bonds is 4. The predicted octanol–water partition coefficient (Wildman–Crippen LogP) is 0.864. The van der Waals surface area contributed by atoms with Crippen molar-refractivity contribution in [1.29, 1.82) is 5.26 Å². The molecule has 0 bridgehead atoms. The lowest BCUT2D eigenvalue weighted by atomic mass is 10.1. The Morgan fingerprint density at radius 1 is 1.22 bits per heavy atom. The number of para-hydroxylation sites is 2. The Balaban J connectivity index is 1.83. The first-order valence-electron chi connectivity index (χ1n) is 9.65. The molecule has 0 aliphatic carbocycles. The van der Waals surface area contributed by atoms with E-state index in [1.807, 2.05) is 28.8 Å². The van der Waals surface area contributed by atoms with Crippen LogP contribution in [0, 0.1) is 18.3 Å². The fourth-order valence-electron chi connectivity index (χ4n) is 4.39. The minimum absolute atomic E-state index is 0.146. The number of imidazole rings is 1. The van der Waals surface area contributed by atoms with Gasteiger partial charge in [0.15, 0.2) is 0 Å². The number of benzene rings is 1. The first-order chi connectivity index (χ1) is 13.1. The summed E-state index contributed by atoms with van der Waals surface area (Å²) < 4.78 is 3.54. The van der Waals surface area contributed by atoms with Gasteiger partial charge in [0.2, 0.25) is 0 Å². The molecule has 1 saturated heterocycles. The summed E-state index contributed by atoms with van der Waals surface area (Å²) in [5, 5.41) is 20.5. The summed E-state index contributed by atoms with van der Waals surface area (Å²) in [7, 11) is 0. The second-order valence-corrected chi connectivity index (χ2v) is 7.58. The average molecular weight is 365 g/mol. The molecule has 1 fully saturated rings. The molecule has 140 valence electrons. The van der Waals surface area contributed by atoms with E-state index in [-0.39, 0.29) is 5.56 Å². The van der Waals surface area contributed by atoms with Crippen LogP contribution < -0.4 is 10.5 Å². The molecule has 1 aromatic carbocycles. The monoisotopic (exact) mass is 365 g/mol. The lowest BCUT2D eigenvalue weighted by Gasteiger charge is -2.26. The van der Waals surface area contributed by atoms with Crippen molar-refractivity contribution in [3.05, 3.63) is 51.8 Å². The summed E-state index contributed by atoms with van der Waals surface area (Å²) in [6, 6.07) is 11.4. The summed E-state index contributed by atoms with van der Waals surface area (Å²) in [4.78, 5) is 14.1. The first kappa shape index (κ1) is 17.8. The molecular weight excluding hydrogens is 340 g/mol. The van der Waals surface area contributed by atoms with E-state index in [4.69, 9.17) is 0 Å². The molecule has 4 rings (SSSR count). The molecule has 3 heterocycles. The predicted molar refractivity (Wildman–Crippen MR) is 104 cm³/mol. The number of nitrogens with one attached hydrogen (secondary N) is 1. The number of nitrogens with zero attached hydrogens (tertiary/aromatic N) is 3. The fourth-order valence-corrected chi connectivity index (χ4v) is 4.39. The molecule has 0 amide bonds. The van der Waals surface area contributed by atoms with Crippen LogP contribution >= 0.6 is 0 Å². The molecule has 27 heavy (non-hydrogen) atoms. The number of aliphatic hydroxyl groups excluding tert-OH is 1. The van der Waals surface area contributed by atoms with Crippen LogP contribution in [0.2, 0.25) is 0 Å². The molecule has 3 aromatic rings. The number of fused-ring (bicyclic) bond motifs is 3. The Morgan fingerprint density at radius 2 is 1.93 bits per heavy atom. The van der Waals surface area contributed by atoms with Gasteiger partial charge in [0, 0.05) is 6.07 Å². The van der Waals surface area contributed by atoms with Gasteiger partial charge in [-0.3, -0.25) is 9.20 Å². The molecule has 6 nitrogen and oxygen atoms in total. The number of likely N-dealkylation sites (tertiary alicyclic amines) is 1. The summed E-state index contributed by atoms with van der Waals surface area (Å²) in [5.74, 6) is 0. The van der Waals surface area contributed by atoms with E-state index in [0.29, 0.717) is 29.9 Å². The first-order valence-corrected chi connectivity index (χ1v) is 9.65. The Labute approximate surface area is 157 Å². The molecule has 0 spiro atoms. The lowest BCUT2D eigenvalue weighted by Crippen LogP contribution is -3.13. The Kier molecular flexibility index (Phi) is 4.73. The van der Waals surface area contributed by atoms with E-state index in [2.05, 4.69) is 6.07 Å². The van der Waals surface area contributed by atoms with Gasteiger partial charge >= 0.3 is 0 Å². The van der Waals surface area contributed by atoms with Crippen molar-refractivity contribution in [1.82, 2.24) is 8.97 Å². The molecule has 0 unspecified atom stereocenters. The standard InChI is InChI=1S/C21H24N4O2/c1-15-11-20(27)25-19-8-4-3-7-18(19)24(21(25)17(15)12-22)14-16(26)13-23-9-5-2-6-10-23/h3-4,7-8,11,16,26H,2,5-6,9-10,13-14H2,1H3/p+1/t16-/m1/s1. The fraction of sp³-hybridized carbons (Fsp3) is 0.429. The molecule has 1 aliphatic rings. The molecule has 1 aliphatic heterocycles. The Hall–Kier alpha value is -2.62. The van der Waals surface area contributed by atoms with E-state index in [1.54, 1.807) is 11.3 Å². The van der Waals surface area contributed by atoms with Crippen LogP contribution in [0.5, 0.6) is 0 Å². The van der Waals surface area contributed by atoms with Gasteiger partial charge in [0.05, 0.1) is 36.2 Å². The van der Waals surface area contributed by atoms with Crippen molar-refractivity contribution in [2.75, 3.05) is 19.6 Å². The Bertz CT molecular complexity index is 1080. The topological polar surface area (TPSA) is 74.9 Å². The SMILES string of the molecule is Cc1cc(=O)n2c3ccccc3n(C[C@H](O)C[NH+]3CCCCC3)c2c1C#N. The summed E-state index contributed by atoms with van der Waals surface area (Å²) in [6.07, 6.45) is 3.18. The maximum absolute atomic E-state index is 12.7. The summed E-state index contributed by atoms with van der Waals surface area (Å²) in [5.41, 5.74) is 3.23.